The van der Waals surface area contributed by atoms with E-state index < -0.39 is 36.7 Å². The van der Waals surface area contributed by atoms with Crippen LogP contribution in [0.4, 0.5) is 0 Å². The number of aliphatic hydroxyl groups is 4. The Balaban J connectivity index is 2.70. The summed E-state index contributed by atoms with van der Waals surface area (Å²) in [6.45, 7) is 1.65. The van der Waals surface area contributed by atoms with Crippen molar-refractivity contribution >= 4 is 5.97 Å². The van der Waals surface area contributed by atoms with Crippen molar-refractivity contribution in [2.45, 2.75) is 37.6 Å². The molecular formula is C8H14O7. The minimum Gasteiger partial charge on any atom is -0.464 e. The number of rotatable bonds is 2. The van der Waals surface area contributed by atoms with Crippen LogP contribution in [0.5, 0.6) is 0 Å². The summed E-state index contributed by atoms with van der Waals surface area (Å²) in [6.07, 6.45) is -8.13. The number of carbonyl (C=O) groups excluding carboxylic acids is 1. The van der Waals surface area contributed by atoms with Crippen LogP contribution in [0.3, 0.4) is 0 Å². The van der Waals surface area contributed by atoms with Gasteiger partial charge in [-0.3, -0.25) is 0 Å². The van der Waals surface area contributed by atoms with Crippen molar-refractivity contribution < 1.29 is 34.7 Å². The van der Waals surface area contributed by atoms with E-state index in [1.807, 2.05) is 0 Å². The molecular weight excluding hydrogens is 208 g/mol. The van der Waals surface area contributed by atoms with Crippen molar-refractivity contribution in [3.05, 3.63) is 0 Å². The Morgan fingerprint density at radius 3 is 2.33 bits per heavy atom. The zero-order valence-corrected chi connectivity index (χ0v) is 8.11. The van der Waals surface area contributed by atoms with Gasteiger partial charge in [0, 0.05) is 0 Å². The second-order valence-electron chi connectivity index (χ2n) is 3.17. The first-order valence-corrected chi connectivity index (χ1v) is 4.53. The summed E-state index contributed by atoms with van der Waals surface area (Å²) in [5.74, 6) is -0.894. The molecule has 0 aliphatic carbocycles. The van der Waals surface area contributed by atoms with Gasteiger partial charge in [0.15, 0.2) is 12.4 Å². The van der Waals surface area contributed by atoms with Crippen LogP contribution in [0.25, 0.3) is 0 Å². The van der Waals surface area contributed by atoms with Crippen molar-refractivity contribution in [3.63, 3.8) is 0 Å². The second-order valence-corrected chi connectivity index (χ2v) is 3.17. The number of ether oxygens (including phenoxy) is 2. The van der Waals surface area contributed by atoms with Crippen molar-refractivity contribution in [1.82, 2.24) is 0 Å². The smallest absolute Gasteiger partial charge is 0.338 e. The Labute approximate surface area is 85.9 Å². The van der Waals surface area contributed by atoms with Gasteiger partial charge in [0.25, 0.3) is 0 Å². The first-order valence-electron chi connectivity index (χ1n) is 4.53. The lowest BCUT2D eigenvalue weighted by Gasteiger charge is -2.36. The van der Waals surface area contributed by atoms with Gasteiger partial charge in [-0.2, -0.15) is 0 Å². The third-order valence-corrected chi connectivity index (χ3v) is 2.11. The molecule has 5 atom stereocenters. The summed E-state index contributed by atoms with van der Waals surface area (Å²) < 4.78 is 9.17. The summed E-state index contributed by atoms with van der Waals surface area (Å²) >= 11 is 0. The predicted octanol–water partition coefficient (Wildman–Crippen LogP) is -2.65. The van der Waals surface area contributed by atoms with Crippen LogP contribution in [-0.4, -0.2) is 63.7 Å². The standard InChI is InChI=1S/C8H14O7/c1-2-14-8(13)6-4(10)3(9)5(11)7(12)15-6/h3-7,9-12H,2H2,1H3/t3-,4-,5+,6-,7?/m0/s1. The van der Waals surface area contributed by atoms with Crippen LogP contribution in [0.2, 0.25) is 0 Å². The SMILES string of the molecule is CCOC(=O)[C@H]1OC(O)[C@H](O)[C@@H](O)[C@@H]1O. The van der Waals surface area contributed by atoms with Crippen LogP contribution >= 0.6 is 0 Å². The minimum absolute atomic E-state index is 0.0835. The van der Waals surface area contributed by atoms with Crippen LogP contribution in [0, 0.1) is 0 Å². The lowest BCUT2D eigenvalue weighted by Crippen LogP contribution is -2.59. The molecule has 1 fully saturated rings. The van der Waals surface area contributed by atoms with Gasteiger partial charge >= 0.3 is 5.97 Å². The molecule has 0 aromatic rings. The third-order valence-electron chi connectivity index (χ3n) is 2.11. The molecule has 1 heterocycles. The molecule has 0 saturated carbocycles. The van der Waals surface area contributed by atoms with E-state index in [1.165, 1.54) is 0 Å². The Bertz CT molecular complexity index is 231. The van der Waals surface area contributed by atoms with Gasteiger partial charge in [0.05, 0.1) is 6.61 Å². The number of hydrogen-bond donors (Lipinski definition) is 4. The lowest BCUT2D eigenvalue weighted by molar-refractivity contribution is -0.281. The summed E-state index contributed by atoms with van der Waals surface area (Å²) in [7, 11) is 0. The van der Waals surface area contributed by atoms with Crippen molar-refractivity contribution in [3.8, 4) is 0 Å². The van der Waals surface area contributed by atoms with Crippen LogP contribution in [0.1, 0.15) is 6.92 Å². The Kier molecular flexibility index (Phi) is 4.00. The third kappa shape index (κ3) is 2.44. The largest absolute Gasteiger partial charge is 0.464 e. The maximum absolute atomic E-state index is 11.2. The molecule has 1 saturated heterocycles. The van der Waals surface area contributed by atoms with Gasteiger partial charge in [-0.1, -0.05) is 0 Å². The highest BCUT2D eigenvalue weighted by molar-refractivity contribution is 5.75. The Hall–Kier alpha value is -0.730. The summed E-state index contributed by atoms with van der Waals surface area (Å²) in [6, 6.07) is 0. The summed E-state index contributed by atoms with van der Waals surface area (Å²) in [5.41, 5.74) is 0. The van der Waals surface area contributed by atoms with Gasteiger partial charge in [-0.05, 0) is 6.92 Å². The van der Waals surface area contributed by atoms with Crippen molar-refractivity contribution in [1.29, 1.82) is 0 Å². The predicted molar refractivity (Wildman–Crippen MR) is 45.5 cm³/mol. The molecule has 15 heavy (non-hydrogen) atoms. The summed E-state index contributed by atoms with van der Waals surface area (Å²) in [5, 5.41) is 36.8. The maximum Gasteiger partial charge on any atom is 0.338 e. The fourth-order valence-corrected chi connectivity index (χ4v) is 1.28. The Morgan fingerprint density at radius 1 is 1.20 bits per heavy atom. The number of aliphatic hydroxyl groups excluding tert-OH is 4. The molecule has 1 aliphatic rings. The molecule has 0 bridgehead atoms. The van der Waals surface area contributed by atoms with Crippen molar-refractivity contribution in [2.75, 3.05) is 6.61 Å². The average Bonchev–Trinajstić information content (AvgIpc) is 2.20. The van der Waals surface area contributed by atoms with E-state index in [0.717, 1.165) is 0 Å². The van der Waals surface area contributed by atoms with E-state index in [0.29, 0.717) is 0 Å². The minimum atomic E-state index is -1.72. The topological polar surface area (TPSA) is 116 Å². The van der Waals surface area contributed by atoms with Crippen molar-refractivity contribution in [2.24, 2.45) is 0 Å². The molecule has 4 N–H and O–H groups in total. The fraction of sp³-hybridized carbons (Fsp3) is 0.875. The quantitative estimate of drug-likeness (QED) is 0.377. The first kappa shape index (κ1) is 12.3. The molecule has 7 heteroatoms. The van der Waals surface area contributed by atoms with E-state index in [-0.39, 0.29) is 6.61 Å². The van der Waals surface area contributed by atoms with E-state index in [1.54, 1.807) is 6.92 Å². The monoisotopic (exact) mass is 222 g/mol. The van der Waals surface area contributed by atoms with Gasteiger partial charge in [-0.25, -0.2) is 4.79 Å². The highest BCUT2D eigenvalue weighted by atomic mass is 16.7. The molecule has 7 nitrogen and oxygen atoms in total. The maximum atomic E-state index is 11.2. The molecule has 0 aromatic heterocycles. The zero-order valence-electron chi connectivity index (χ0n) is 8.11. The Morgan fingerprint density at radius 2 is 1.80 bits per heavy atom. The number of hydrogen-bond acceptors (Lipinski definition) is 7. The molecule has 0 radical (unpaired) electrons. The lowest BCUT2D eigenvalue weighted by atomic mass is 9.99. The first-order chi connectivity index (χ1) is 6.99. The van der Waals surface area contributed by atoms with Crippen LogP contribution in [-0.2, 0) is 14.3 Å². The molecule has 1 unspecified atom stereocenters. The molecule has 88 valence electrons. The molecule has 0 aromatic carbocycles. The zero-order chi connectivity index (χ0) is 11.6. The van der Waals surface area contributed by atoms with Gasteiger partial charge in [0.1, 0.15) is 18.3 Å². The molecule has 0 amide bonds. The fourth-order valence-electron chi connectivity index (χ4n) is 1.28. The normalized spacial score (nSPS) is 41.3. The van der Waals surface area contributed by atoms with E-state index in [2.05, 4.69) is 9.47 Å². The molecule has 1 aliphatic heterocycles. The number of esters is 1. The summed E-state index contributed by atoms with van der Waals surface area (Å²) in [4.78, 5) is 11.2. The van der Waals surface area contributed by atoms with Crippen LogP contribution in [0.15, 0.2) is 0 Å². The van der Waals surface area contributed by atoms with E-state index in [4.69, 9.17) is 10.2 Å². The van der Waals surface area contributed by atoms with Gasteiger partial charge in [0.2, 0.25) is 0 Å². The average molecular weight is 222 g/mol. The van der Waals surface area contributed by atoms with Gasteiger partial charge < -0.3 is 29.9 Å². The second kappa shape index (κ2) is 4.86. The van der Waals surface area contributed by atoms with E-state index in [9.17, 15) is 15.0 Å². The highest BCUT2D eigenvalue weighted by Crippen LogP contribution is 2.20. The van der Waals surface area contributed by atoms with Crippen LogP contribution < -0.4 is 0 Å². The highest BCUT2D eigenvalue weighted by Gasteiger charge is 2.46. The molecule has 1 rings (SSSR count). The van der Waals surface area contributed by atoms with E-state index >= 15 is 0 Å². The van der Waals surface area contributed by atoms with Gasteiger partial charge in [-0.15, -0.1) is 0 Å². The molecule has 0 spiro atoms. The number of carbonyl (C=O) groups is 1.